The number of pyridine rings is 2. The molecule has 1 aliphatic rings. The van der Waals surface area contributed by atoms with E-state index in [1.54, 1.807) is 12.1 Å². The summed E-state index contributed by atoms with van der Waals surface area (Å²) in [7, 11) is -12.2. The Labute approximate surface area is 297 Å². The average molecular weight is 839 g/mol. The van der Waals surface area contributed by atoms with Crippen LogP contribution in [0.1, 0.15) is 78.2 Å². The van der Waals surface area contributed by atoms with Gasteiger partial charge in [0.05, 0.1) is 34.9 Å². The Morgan fingerprint density at radius 2 is 0.776 bits per heavy atom. The third-order valence-electron chi connectivity index (χ3n) is 5.60. The second-order valence-electron chi connectivity index (χ2n) is 11.5. The zero-order valence-electron chi connectivity index (χ0n) is 27.8. The molecule has 0 atom stereocenters. The molecular weight excluding hydrogens is 801 g/mol. The fourth-order valence-corrected chi connectivity index (χ4v) is 3.25. The van der Waals surface area contributed by atoms with Crippen LogP contribution >= 0.6 is 0 Å². The number of halogens is 6. The van der Waals surface area contributed by atoms with E-state index in [0.717, 1.165) is 49.0 Å². The van der Waals surface area contributed by atoms with Crippen molar-refractivity contribution in [1.29, 1.82) is 10.5 Å². The topological polar surface area (TPSA) is 194 Å². The van der Waals surface area contributed by atoms with Gasteiger partial charge in [0, 0.05) is 51.1 Å². The average Bonchev–Trinajstić information content (AvgIpc) is 2.86. The smallest absolute Gasteiger partial charge is 0.741 e. The number of hydrogen-bond acceptors (Lipinski definition) is 12. The zero-order chi connectivity index (χ0) is 38.4. The van der Waals surface area contributed by atoms with Gasteiger partial charge < -0.3 is 9.11 Å². The standard InChI is InChI=1S/C22H32N4.2C2H3N.2CHF3O3S.Pd/c1-21(2,3)25-13-17-9-7-11-19(23-17)15-26(22(4,5)6)16-20-12-8-10-18(14-25)24-20;2*1-2-3;2*2-1(3,4)8(5,6)7;/h7-12H,13-16H2,1-6H3;2*1H3;2*(H,5,6,7);/q;;;;;+2/p-2. The van der Waals surface area contributed by atoms with Gasteiger partial charge in [-0.1, -0.05) is 12.1 Å². The summed E-state index contributed by atoms with van der Waals surface area (Å²) >= 11 is 0. The molecule has 1 aliphatic heterocycles. The van der Waals surface area contributed by atoms with Gasteiger partial charge in [-0.2, -0.15) is 36.9 Å². The van der Waals surface area contributed by atoms with E-state index >= 15 is 0 Å². The molecule has 0 radical (unpaired) electrons. The molecule has 0 saturated heterocycles. The number of rotatable bonds is 0. The van der Waals surface area contributed by atoms with Gasteiger partial charge in [0.25, 0.3) is 0 Å². The van der Waals surface area contributed by atoms with Crippen molar-refractivity contribution in [3.05, 3.63) is 59.2 Å². The third kappa shape index (κ3) is 21.2. The molecule has 2 aromatic heterocycles. The van der Waals surface area contributed by atoms with E-state index in [0.29, 0.717) is 0 Å². The SMILES string of the molecule is CC#N.CC#N.CC(C)(C)N1Cc2cccc(n2)CN(C(C)(C)C)Cc2cccc(n2)C1.O=S(=O)([O-])C(F)(F)F.O=S(=O)([O-])C(F)(F)F.[Pd+2]. The summed E-state index contributed by atoms with van der Waals surface area (Å²) in [6, 6.07) is 16.3. The number of hydrogen-bond donors (Lipinski definition) is 0. The van der Waals surface area contributed by atoms with Gasteiger partial charge in [-0.25, -0.2) is 16.8 Å². The molecule has 0 fully saturated rings. The Morgan fingerprint density at radius 1 is 0.612 bits per heavy atom. The maximum absolute atomic E-state index is 10.7. The van der Waals surface area contributed by atoms with Gasteiger partial charge in [-0.15, -0.1) is 0 Å². The molecule has 21 heteroatoms. The first kappa shape index (κ1) is 50.6. The van der Waals surface area contributed by atoms with Crippen molar-refractivity contribution in [2.24, 2.45) is 0 Å². The summed E-state index contributed by atoms with van der Waals surface area (Å²) in [5.74, 6) is 0. The molecule has 4 bridgehead atoms. The van der Waals surface area contributed by atoms with Crippen molar-refractivity contribution >= 4 is 20.2 Å². The molecule has 49 heavy (non-hydrogen) atoms. The summed E-state index contributed by atoms with van der Waals surface area (Å²) in [5.41, 5.74) is -6.68. The van der Waals surface area contributed by atoms with E-state index in [1.165, 1.54) is 13.8 Å². The van der Waals surface area contributed by atoms with Crippen molar-refractivity contribution in [3.63, 3.8) is 0 Å². The molecule has 0 saturated carbocycles. The van der Waals surface area contributed by atoms with Gasteiger partial charge in [0.2, 0.25) is 0 Å². The van der Waals surface area contributed by atoms with Crippen LogP contribution in [-0.4, -0.2) is 67.8 Å². The second kappa shape index (κ2) is 20.8. The first-order valence-corrected chi connectivity index (χ1v) is 16.3. The molecular formula is C28H38F6N6O6PdS2. The Balaban J connectivity index is -0.000000757. The summed E-state index contributed by atoms with van der Waals surface area (Å²) in [6.07, 6.45) is 0. The Hall–Kier alpha value is -2.74. The molecule has 3 rings (SSSR count). The predicted octanol–water partition coefficient (Wildman–Crippen LogP) is 5.55. The summed E-state index contributed by atoms with van der Waals surface area (Å²) < 4.78 is 118. The van der Waals surface area contributed by atoms with E-state index < -0.39 is 31.3 Å². The third-order valence-corrected chi connectivity index (χ3v) is 6.74. The quantitative estimate of drug-likeness (QED) is 0.139. The molecule has 0 aliphatic carbocycles. The van der Waals surface area contributed by atoms with E-state index in [2.05, 4.69) is 87.7 Å². The van der Waals surface area contributed by atoms with Crippen molar-refractivity contribution in [2.45, 2.75) is 104 Å². The maximum Gasteiger partial charge on any atom is 2.00 e. The van der Waals surface area contributed by atoms with E-state index in [-0.39, 0.29) is 31.5 Å². The minimum Gasteiger partial charge on any atom is -0.741 e. The number of aromatic nitrogens is 2. The van der Waals surface area contributed by atoms with Gasteiger partial charge in [-0.05, 0) is 65.8 Å². The number of fused-ring (bicyclic) bond motifs is 4. The van der Waals surface area contributed by atoms with Crippen LogP contribution in [-0.2, 0) is 66.8 Å². The van der Waals surface area contributed by atoms with Gasteiger partial charge in [0.1, 0.15) is 0 Å². The molecule has 0 N–H and O–H groups in total. The largest absolute Gasteiger partial charge is 2.00 e. The first-order chi connectivity index (χ1) is 21.4. The number of alkyl halides is 6. The second-order valence-corrected chi connectivity index (χ2v) is 14.3. The monoisotopic (exact) mass is 838 g/mol. The first-order valence-electron chi connectivity index (χ1n) is 13.5. The molecule has 0 amide bonds. The summed E-state index contributed by atoms with van der Waals surface area (Å²) in [6.45, 7) is 19.7. The molecule has 2 aromatic rings. The van der Waals surface area contributed by atoms with Crippen LogP contribution in [0, 0.1) is 22.7 Å². The van der Waals surface area contributed by atoms with Gasteiger partial charge >= 0.3 is 31.4 Å². The molecule has 3 heterocycles. The summed E-state index contributed by atoms with van der Waals surface area (Å²) in [5, 5.41) is 14.6. The fraction of sp³-hybridized carbons (Fsp3) is 0.571. The number of nitrogens with zero attached hydrogens (tertiary/aromatic N) is 6. The Kier molecular flexibility index (Phi) is 21.5. The van der Waals surface area contributed by atoms with Crippen LogP contribution in [0.5, 0.6) is 0 Å². The van der Waals surface area contributed by atoms with Crippen LogP contribution < -0.4 is 0 Å². The van der Waals surface area contributed by atoms with Crippen LogP contribution in [0.3, 0.4) is 0 Å². The maximum atomic E-state index is 10.7. The minimum atomic E-state index is -6.09. The Morgan fingerprint density at radius 3 is 0.898 bits per heavy atom. The van der Waals surface area contributed by atoms with Crippen molar-refractivity contribution in [3.8, 4) is 12.1 Å². The van der Waals surface area contributed by atoms with Crippen LogP contribution in [0.25, 0.3) is 0 Å². The molecule has 0 aromatic carbocycles. The molecule has 0 spiro atoms. The van der Waals surface area contributed by atoms with Crippen LogP contribution in [0.15, 0.2) is 36.4 Å². The van der Waals surface area contributed by atoms with Crippen molar-refractivity contribution < 1.29 is 72.7 Å². The predicted molar refractivity (Wildman–Crippen MR) is 161 cm³/mol. The van der Waals surface area contributed by atoms with Crippen LogP contribution in [0.4, 0.5) is 26.3 Å². The van der Waals surface area contributed by atoms with E-state index in [4.69, 9.17) is 46.4 Å². The number of nitriles is 2. The van der Waals surface area contributed by atoms with E-state index in [1.807, 2.05) is 0 Å². The minimum absolute atomic E-state index is 0. The normalized spacial score (nSPS) is 14.2. The van der Waals surface area contributed by atoms with E-state index in [9.17, 15) is 26.3 Å². The van der Waals surface area contributed by atoms with Crippen molar-refractivity contribution in [1.82, 2.24) is 19.8 Å². The zero-order valence-corrected chi connectivity index (χ0v) is 31.0. The molecule has 12 nitrogen and oxygen atoms in total. The molecule has 0 unspecified atom stereocenters. The Bertz CT molecular complexity index is 1440. The van der Waals surface area contributed by atoms with Crippen molar-refractivity contribution in [2.75, 3.05) is 0 Å². The molecule has 280 valence electrons. The van der Waals surface area contributed by atoms with Crippen LogP contribution in [0.2, 0.25) is 0 Å². The van der Waals surface area contributed by atoms with Gasteiger partial charge in [0.15, 0.2) is 20.2 Å². The fourth-order valence-electron chi connectivity index (χ4n) is 3.25. The summed E-state index contributed by atoms with van der Waals surface area (Å²) in [4.78, 5) is 14.8. The van der Waals surface area contributed by atoms with Gasteiger partial charge in [-0.3, -0.25) is 19.8 Å².